The number of likely N-dealkylation sites (tertiary alicyclic amines) is 1. The summed E-state index contributed by atoms with van der Waals surface area (Å²) in [6.45, 7) is 6.50. The van der Waals surface area contributed by atoms with Crippen molar-refractivity contribution in [1.29, 1.82) is 0 Å². The Hall–Kier alpha value is -2.73. The van der Waals surface area contributed by atoms with Crippen LogP contribution >= 0.6 is 0 Å². The lowest BCUT2D eigenvalue weighted by atomic mass is 10.0. The van der Waals surface area contributed by atoms with E-state index in [9.17, 15) is 4.79 Å². The van der Waals surface area contributed by atoms with Gasteiger partial charge in [0.2, 0.25) is 0 Å². The molecular formula is C23H26N2O4. The fraction of sp³-hybridized carbons (Fsp3) is 0.435. The molecule has 29 heavy (non-hydrogen) atoms. The van der Waals surface area contributed by atoms with Gasteiger partial charge in [-0.15, -0.1) is 0 Å². The summed E-state index contributed by atoms with van der Waals surface area (Å²) in [4.78, 5) is 14.5. The van der Waals surface area contributed by atoms with Gasteiger partial charge in [-0.2, -0.15) is 0 Å². The molecule has 152 valence electrons. The van der Waals surface area contributed by atoms with E-state index in [4.69, 9.17) is 13.9 Å². The van der Waals surface area contributed by atoms with Gasteiger partial charge in [0, 0.05) is 25.1 Å². The Labute approximate surface area is 169 Å². The lowest BCUT2D eigenvalue weighted by Gasteiger charge is -2.32. The third-order valence-electron chi connectivity index (χ3n) is 5.80. The smallest absolute Gasteiger partial charge is 0.421 e. The predicted molar refractivity (Wildman–Crippen MR) is 111 cm³/mol. The predicted octanol–water partition coefficient (Wildman–Crippen LogP) is 3.81. The Balaban J connectivity index is 1.24. The maximum atomic E-state index is 12.2. The molecule has 5 rings (SSSR count). The number of nitrogens with zero attached hydrogens (tertiary/aromatic N) is 2. The van der Waals surface area contributed by atoms with E-state index in [1.165, 1.54) is 5.56 Å². The van der Waals surface area contributed by atoms with E-state index in [0.717, 1.165) is 49.4 Å². The molecule has 0 atom stereocenters. The number of hydrogen-bond donors (Lipinski definition) is 0. The van der Waals surface area contributed by atoms with Gasteiger partial charge in [-0.1, -0.05) is 24.3 Å². The van der Waals surface area contributed by atoms with Gasteiger partial charge in [0.25, 0.3) is 0 Å². The third kappa shape index (κ3) is 3.53. The van der Waals surface area contributed by atoms with Crippen LogP contribution in [-0.4, -0.2) is 34.3 Å². The molecule has 0 amide bonds. The largest absolute Gasteiger partial charge is 0.486 e. The minimum absolute atomic E-state index is 0.155. The van der Waals surface area contributed by atoms with Crippen LogP contribution in [0.15, 0.2) is 51.7 Å². The molecule has 2 aliphatic rings. The first-order valence-corrected chi connectivity index (χ1v) is 10.3. The highest BCUT2D eigenvalue weighted by Gasteiger charge is 2.33. The number of hydrogen-bond acceptors (Lipinski definition) is 5. The molecule has 3 heterocycles. The van der Waals surface area contributed by atoms with Gasteiger partial charge in [0.1, 0.15) is 11.7 Å². The normalized spacial score (nSPS) is 19.2. The zero-order valence-electron chi connectivity index (χ0n) is 16.9. The van der Waals surface area contributed by atoms with Crippen molar-refractivity contribution < 1.29 is 13.9 Å². The van der Waals surface area contributed by atoms with E-state index in [2.05, 4.69) is 24.8 Å². The van der Waals surface area contributed by atoms with Crippen LogP contribution in [0.2, 0.25) is 0 Å². The molecule has 0 radical (unpaired) electrons. The van der Waals surface area contributed by atoms with E-state index in [-0.39, 0.29) is 17.5 Å². The molecule has 0 saturated carbocycles. The Bertz CT molecular complexity index is 1090. The fourth-order valence-electron chi connectivity index (χ4n) is 4.38. The van der Waals surface area contributed by atoms with Gasteiger partial charge < -0.3 is 13.9 Å². The first-order valence-electron chi connectivity index (χ1n) is 10.3. The second kappa shape index (κ2) is 6.95. The highest BCUT2D eigenvalue weighted by atomic mass is 16.5. The van der Waals surface area contributed by atoms with Gasteiger partial charge in [-0.25, -0.2) is 4.79 Å². The molecule has 1 saturated heterocycles. The van der Waals surface area contributed by atoms with Crippen LogP contribution in [0, 0.1) is 0 Å². The van der Waals surface area contributed by atoms with E-state index in [1.807, 2.05) is 36.4 Å². The average molecular weight is 394 g/mol. The average Bonchev–Trinajstić information content (AvgIpc) is 3.19. The lowest BCUT2D eigenvalue weighted by molar-refractivity contribution is 0.0756. The summed E-state index contributed by atoms with van der Waals surface area (Å²) < 4.78 is 19.5. The van der Waals surface area contributed by atoms with Crippen LogP contribution in [0.25, 0.3) is 11.1 Å². The molecule has 6 heteroatoms. The van der Waals surface area contributed by atoms with Crippen molar-refractivity contribution in [1.82, 2.24) is 9.47 Å². The van der Waals surface area contributed by atoms with Crippen LogP contribution in [0.3, 0.4) is 0 Å². The topological polar surface area (TPSA) is 56.8 Å². The number of piperidine rings is 1. The number of fused-ring (bicyclic) bond motifs is 2. The molecule has 1 fully saturated rings. The van der Waals surface area contributed by atoms with Crippen molar-refractivity contribution in [2.24, 2.45) is 0 Å². The SMILES string of the molecule is CC1(C)Cc2cccc(OC3CCN(Cn4c(=O)oc5ccccc54)CC3)c2O1. The van der Waals surface area contributed by atoms with Crippen molar-refractivity contribution in [3.8, 4) is 11.5 Å². The first kappa shape index (κ1) is 18.3. The quantitative estimate of drug-likeness (QED) is 0.674. The molecule has 1 aromatic heterocycles. The van der Waals surface area contributed by atoms with Crippen LogP contribution in [0.4, 0.5) is 0 Å². The molecule has 0 aliphatic carbocycles. The van der Waals surface area contributed by atoms with E-state index < -0.39 is 0 Å². The molecule has 2 aromatic carbocycles. The minimum atomic E-state index is -0.302. The summed E-state index contributed by atoms with van der Waals surface area (Å²) in [6, 6.07) is 13.7. The molecule has 0 N–H and O–H groups in total. The Morgan fingerprint density at radius 2 is 1.90 bits per heavy atom. The zero-order valence-corrected chi connectivity index (χ0v) is 16.9. The van der Waals surface area contributed by atoms with E-state index in [0.29, 0.717) is 12.3 Å². The molecular weight excluding hydrogens is 368 g/mol. The summed E-state index contributed by atoms with van der Waals surface area (Å²) in [6.07, 6.45) is 2.89. The van der Waals surface area contributed by atoms with Gasteiger partial charge in [-0.05, 0) is 44.9 Å². The molecule has 3 aromatic rings. The van der Waals surface area contributed by atoms with Crippen molar-refractivity contribution in [3.63, 3.8) is 0 Å². The molecule has 6 nitrogen and oxygen atoms in total. The van der Waals surface area contributed by atoms with Crippen LogP contribution < -0.4 is 15.2 Å². The summed E-state index contributed by atoms with van der Waals surface area (Å²) in [7, 11) is 0. The number of rotatable bonds is 4. The highest BCUT2D eigenvalue weighted by Crippen LogP contribution is 2.42. The van der Waals surface area contributed by atoms with Crippen LogP contribution in [0.1, 0.15) is 32.3 Å². The van der Waals surface area contributed by atoms with Crippen molar-refractivity contribution >= 4 is 11.1 Å². The molecule has 0 bridgehead atoms. The Kier molecular flexibility index (Phi) is 4.39. The Morgan fingerprint density at radius 1 is 1.10 bits per heavy atom. The maximum Gasteiger partial charge on any atom is 0.421 e. The molecule has 2 aliphatic heterocycles. The lowest BCUT2D eigenvalue weighted by Crippen LogP contribution is -2.40. The number of aromatic nitrogens is 1. The maximum absolute atomic E-state index is 12.2. The van der Waals surface area contributed by atoms with Crippen molar-refractivity contribution in [3.05, 3.63) is 58.6 Å². The third-order valence-corrected chi connectivity index (χ3v) is 5.80. The minimum Gasteiger partial charge on any atom is -0.486 e. The van der Waals surface area contributed by atoms with Gasteiger partial charge in [-0.3, -0.25) is 9.47 Å². The fourth-order valence-corrected chi connectivity index (χ4v) is 4.38. The van der Waals surface area contributed by atoms with Crippen molar-refractivity contribution in [2.75, 3.05) is 13.1 Å². The second-order valence-electron chi connectivity index (χ2n) is 8.62. The van der Waals surface area contributed by atoms with Crippen molar-refractivity contribution in [2.45, 2.75) is 51.5 Å². The molecule has 0 unspecified atom stereocenters. The highest BCUT2D eigenvalue weighted by molar-refractivity contribution is 5.72. The number of para-hydroxylation sites is 3. The summed E-state index contributed by atoms with van der Waals surface area (Å²) >= 11 is 0. The van der Waals surface area contributed by atoms with E-state index >= 15 is 0 Å². The summed E-state index contributed by atoms with van der Waals surface area (Å²) in [5.41, 5.74) is 2.52. The van der Waals surface area contributed by atoms with Gasteiger partial charge in [0.05, 0.1) is 12.2 Å². The summed E-state index contributed by atoms with van der Waals surface area (Å²) in [5.74, 6) is 1.45. The second-order valence-corrected chi connectivity index (χ2v) is 8.62. The number of benzene rings is 2. The van der Waals surface area contributed by atoms with Crippen LogP contribution in [-0.2, 0) is 13.1 Å². The van der Waals surface area contributed by atoms with Crippen LogP contribution in [0.5, 0.6) is 11.5 Å². The summed E-state index contributed by atoms with van der Waals surface area (Å²) in [5, 5.41) is 0. The number of oxazole rings is 1. The first-order chi connectivity index (χ1) is 14.0. The number of ether oxygens (including phenoxy) is 2. The van der Waals surface area contributed by atoms with Gasteiger partial charge >= 0.3 is 5.76 Å². The zero-order chi connectivity index (χ0) is 20.0. The molecule has 0 spiro atoms. The van der Waals surface area contributed by atoms with E-state index in [1.54, 1.807) is 4.57 Å². The Morgan fingerprint density at radius 3 is 2.72 bits per heavy atom. The van der Waals surface area contributed by atoms with Gasteiger partial charge in [0.15, 0.2) is 17.1 Å². The monoisotopic (exact) mass is 394 g/mol. The standard InChI is InChI=1S/C23H26N2O4/c1-23(2)14-16-6-5-9-20(21(16)29-23)27-17-10-12-24(13-11-17)15-25-18-7-3-4-8-19(18)28-22(25)26/h3-9,17H,10-15H2,1-2H3.